The van der Waals surface area contributed by atoms with Gasteiger partial charge in [0.25, 0.3) is 0 Å². The quantitative estimate of drug-likeness (QED) is 0.763. The molecule has 0 bridgehead atoms. The van der Waals surface area contributed by atoms with Crippen LogP contribution in [-0.4, -0.2) is 31.1 Å². The largest absolute Gasteiger partial charge is 0.248 e. The maximum absolute atomic E-state index is 13.6. The third-order valence-electron chi connectivity index (χ3n) is 3.33. The van der Waals surface area contributed by atoms with Crippen LogP contribution in [0.15, 0.2) is 17.0 Å². The summed E-state index contributed by atoms with van der Waals surface area (Å²) >= 11 is 3.28. The minimum atomic E-state index is -4.27. The third kappa shape index (κ3) is 3.01. The number of halogens is 4. The lowest BCUT2D eigenvalue weighted by Gasteiger charge is -2.17. The van der Waals surface area contributed by atoms with Crippen LogP contribution >= 0.6 is 15.9 Å². The molecule has 1 heterocycles. The van der Waals surface area contributed by atoms with Crippen LogP contribution in [0.5, 0.6) is 0 Å². The molecule has 0 amide bonds. The van der Waals surface area contributed by atoms with E-state index in [9.17, 15) is 21.6 Å². The molecule has 2 rings (SSSR count). The molecule has 20 heavy (non-hydrogen) atoms. The number of sulfonamides is 1. The Balaban J connectivity index is 2.33. The number of alkyl halides is 1. The molecular formula is C12H13BrF3NO2S. The van der Waals surface area contributed by atoms with Gasteiger partial charge in [0.05, 0.1) is 0 Å². The summed E-state index contributed by atoms with van der Waals surface area (Å²) in [6, 6.07) is 0.754. The van der Waals surface area contributed by atoms with Gasteiger partial charge in [0.2, 0.25) is 10.0 Å². The zero-order chi connectivity index (χ0) is 14.9. The Bertz CT molecular complexity index is 586. The van der Waals surface area contributed by atoms with E-state index in [4.69, 9.17) is 0 Å². The van der Waals surface area contributed by atoms with Gasteiger partial charge in [-0.15, -0.1) is 0 Å². The van der Waals surface area contributed by atoms with Crippen molar-refractivity contribution in [3.8, 4) is 0 Å². The fourth-order valence-electron chi connectivity index (χ4n) is 2.31. The number of rotatable bonds is 4. The second-order valence-electron chi connectivity index (χ2n) is 4.69. The molecule has 112 valence electrons. The van der Waals surface area contributed by atoms with Crippen molar-refractivity contribution in [2.24, 2.45) is 5.92 Å². The first-order valence-corrected chi connectivity index (χ1v) is 8.63. The average molecular weight is 372 g/mol. The first kappa shape index (κ1) is 15.8. The monoisotopic (exact) mass is 371 g/mol. The fourth-order valence-corrected chi connectivity index (χ4v) is 4.58. The normalized spacial score (nSPS) is 20.5. The van der Waals surface area contributed by atoms with Gasteiger partial charge in [-0.25, -0.2) is 21.6 Å². The highest BCUT2D eigenvalue weighted by atomic mass is 79.9. The maximum atomic E-state index is 13.6. The van der Waals surface area contributed by atoms with Gasteiger partial charge in [-0.2, -0.15) is 4.31 Å². The highest BCUT2D eigenvalue weighted by Gasteiger charge is 2.36. The summed E-state index contributed by atoms with van der Waals surface area (Å²) in [4.78, 5) is -1.07. The van der Waals surface area contributed by atoms with Gasteiger partial charge in [-0.05, 0) is 18.8 Å². The second-order valence-corrected chi connectivity index (χ2v) is 7.36. The van der Waals surface area contributed by atoms with Crippen LogP contribution < -0.4 is 0 Å². The van der Waals surface area contributed by atoms with Crippen LogP contribution in [0, 0.1) is 23.4 Å². The van der Waals surface area contributed by atoms with Gasteiger partial charge in [0.1, 0.15) is 17.5 Å². The molecule has 0 radical (unpaired) electrons. The molecule has 0 aliphatic carbocycles. The molecular weight excluding hydrogens is 359 g/mol. The standard InChI is InChI=1S/C12H13BrF3NO2S/c13-3-1-8-2-4-17(7-8)20(18,19)12-10(15)5-9(14)6-11(12)16/h5-6,8H,1-4,7H2. The number of benzene rings is 1. The smallest absolute Gasteiger partial charge is 0.207 e. The van der Waals surface area contributed by atoms with Gasteiger partial charge in [-0.1, -0.05) is 15.9 Å². The first-order chi connectivity index (χ1) is 9.36. The van der Waals surface area contributed by atoms with E-state index in [0.717, 1.165) is 16.1 Å². The Kier molecular flexibility index (Phi) is 4.76. The van der Waals surface area contributed by atoms with Crippen LogP contribution in [0.25, 0.3) is 0 Å². The summed E-state index contributed by atoms with van der Waals surface area (Å²) in [5.74, 6) is -3.77. The first-order valence-electron chi connectivity index (χ1n) is 6.07. The molecule has 1 fully saturated rings. The number of hydrogen-bond donors (Lipinski definition) is 0. The van der Waals surface area contributed by atoms with Crippen LogP contribution in [0.1, 0.15) is 12.8 Å². The summed E-state index contributed by atoms with van der Waals surface area (Å²) in [6.07, 6.45) is 1.44. The minimum absolute atomic E-state index is 0.163. The lowest BCUT2D eigenvalue weighted by Crippen LogP contribution is -2.30. The highest BCUT2D eigenvalue weighted by Crippen LogP contribution is 2.29. The van der Waals surface area contributed by atoms with Gasteiger partial charge < -0.3 is 0 Å². The number of hydrogen-bond acceptors (Lipinski definition) is 2. The Hall–Kier alpha value is -0.600. The Morgan fingerprint density at radius 3 is 2.40 bits per heavy atom. The van der Waals surface area contributed by atoms with Crippen LogP contribution in [-0.2, 0) is 10.0 Å². The van der Waals surface area contributed by atoms with Crippen molar-refractivity contribution in [1.29, 1.82) is 0 Å². The SMILES string of the molecule is O=S(=O)(c1c(F)cc(F)cc1F)N1CCC(CCBr)C1. The zero-order valence-corrected chi connectivity index (χ0v) is 12.9. The molecule has 0 aromatic heterocycles. The lowest BCUT2D eigenvalue weighted by molar-refractivity contribution is 0.436. The summed E-state index contributed by atoms with van der Waals surface area (Å²) in [6.45, 7) is 0.445. The Labute approximate surface area is 123 Å². The molecule has 3 nitrogen and oxygen atoms in total. The molecule has 1 aliphatic rings. The van der Waals surface area contributed by atoms with Gasteiger partial charge >= 0.3 is 0 Å². The van der Waals surface area contributed by atoms with Crippen LogP contribution in [0.4, 0.5) is 13.2 Å². The molecule has 1 atom stereocenters. The molecule has 1 aromatic carbocycles. The summed E-state index contributed by atoms with van der Waals surface area (Å²) < 4.78 is 65.6. The molecule has 1 aliphatic heterocycles. The topological polar surface area (TPSA) is 37.4 Å². The van der Waals surface area contributed by atoms with E-state index in [1.54, 1.807) is 0 Å². The van der Waals surface area contributed by atoms with E-state index in [0.29, 0.717) is 18.6 Å². The van der Waals surface area contributed by atoms with Crippen molar-refractivity contribution in [3.05, 3.63) is 29.6 Å². The van der Waals surface area contributed by atoms with E-state index < -0.39 is 32.4 Å². The highest BCUT2D eigenvalue weighted by molar-refractivity contribution is 9.09. The van der Waals surface area contributed by atoms with Crippen molar-refractivity contribution in [3.63, 3.8) is 0 Å². The summed E-state index contributed by atoms with van der Waals surface area (Å²) in [5, 5.41) is 0.741. The van der Waals surface area contributed by atoms with Crippen LogP contribution in [0.3, 0.4) is 0 Å². The number of nitrogens with zero attached hydrogens (tertiary/aromatic N) is 1. The maximum Gasteiger partial charge on any atom is 0.248 e. The molecule has 1 saturated heterocycles. The van der Waals surface area contributed by atoms with Crippen molar-refractivity contribution in [2.75, 3.05) is 18.4 Å². The van der Waals surface area contributed by atoms with Crippen molar-refractivity contribution >= 4 is 26.0 Å². The van der Waals surface area contributed by atoms with E-state index in [-0.39, 0.29) is 19.0 Å². The lowest BCUT2D eigenvalue weighted by atomic mass is 10.1. The van der Waals surface area contributed by atoms with E-state index in [1.165, 1.54) is 0 Å². The zero-order valence-electron chi connectivity index (χ0n) is 10.5. The predicted octanol–water partition coefficient (Wildman–Crippen LogP) is 2.90. The van der Waals surface area contributed by atoms with E-state index in [2.05, 4.69) is 15.9 Å². The average Bonchev–Trinajstić information content (AvgIpc) is 2.76. The third-order valence-corrected chi connectivity index (χ3v) is 5.70. The fraction of sp³-hybridized carbons (Fsp3) is 0.500. The summed E-state index contributed by atoms with van der Waals surface area (Å²) in [7, 11) is -4.27. The van der Waals surface area contributed by atoms with Crippen molar-refractivity contribution < 1.29 is 21.6 Å². The van der Waals surface area contributed by atoms with Crippen molar-refractivity contribution in [2.45, 2.75) is 17.7 Å². The Morgan fingerprint density at radius 2 is 1.85 bits per heavy atom. The van der Waals surface area contributed by atoms with Crippen LogP contribution in [0.2, 0.25) is 0 Å². The summed E-state index contributed by atoms with van der Waals surface area (Å²) in [5.41, 5.74) is 0. The van der Waals surface area contributed by atoms with Gasteiger partial charge in [0, 0.05) is 30.6 Å². The molecule has 1 unspecified atom stereocenters. The Morgan fingerprint density at radius 1 is 1.25 bits per heavy atom. The molecule has 0 spiro atoms. The molecule has 8 heteroatoms. The van der Waals surface area contributed by atoms with Gasteiger partial charge in [-0.3, -0.25) is 0 Å². The van der Waals surface area contributed by atoms with Crippen molar-refractivity contribution in [1.82, 2.24) is 4.31 Å². The van der Waals surface area contributed by atoms with E-state index >= 15 is 0 Å². The van der Waals surface area contributed by atoms with E-state index in [1.807, 2.05) is 0 Å². The molecule has 0 N–H and O–H groups in total. The second kappa shape index (κ2) is 6.03. The van der Waals surface area contributed by atoms with Gasteiger partial charge in [0.15, 0.2) is 4.90 Å². The molecule has 1 aromatic rings. The minimum Gasteiger partial charge on any atom is -0.207 e. The predicted molar refractivity (Wildman–Crippen MR) is 71.6 cm³/mol. The molecule has 0 saturated carbocycles.